The molecule has 30 heavy (non-hydrogen) atoms. The minimum absolute atomic E-state index is 0.00974. The lowest BCUT2D eigenvalue weighted by atomic mass is 10.1. The number of hydrogen-bond acceptors (Lipinski definition) is 6. The van der Waals surface area contributed by atoms with Gasteiger partial charge in [-0.3, -0.25) is 4.79 Å². The van der Waals surface area contributed by atoms with Crippen molar-refractivity contribution in [2.75, 3.05) is 5.75 Å². The zero-order chi connectivity index (χ0) is 21.7. The first-order valence-corrected chi connectivity index (χ1v) is 9.49. The molecule has 0 unspecified atom stereocenters. The zero-order valence-corrected chi connectivity index (χ0v) is 16.3. The van der Waals surface area contributed by atoms with E-state index < -0.39 is 6.36 Å². The number of aromatic nitrogens is 4. The Labute approximate surface area is 172 Å². The zero-order valence-electron chi connectivity index (χ0n) is 15.5. The van der Waals surface area contributed by atoms with Crippen molar-refractivity contribution in [3.63, 3.8) is 0 Å². The number of ether oxygens (including phenoxy) is 1. The van der Waals surface area contributed by atoms with Crippen molar-refractivity contribution in [1.82, 2.24) is 25.5 Å². The molecular weight excluding hydrogens is 426 g/mol. The number of carbonyl (C=O) groups excluding carboxylic acids is 1. The predicted molar refractivity (Wildman–Crippen MR) is 99.5 cm³/mol. The molecule has 12 heteroatoms. The molecule has 1 aromatic heterocycles. The number of alkyl halides is 3. The van der Waals surface area contributed by atoms with Crippen LogP contribution in [0.2, 0.25) is 0 Å². The Kier molecular flexibility index (Phi) is 6.55. The number of aryl methyl sites for hydroxylation is 1. The maximum atomic E-state index is 13.3. The standard InChI is InChI=1S/C18H15F4N5O2S/c1-11-8-12(2-7-15(11)19)9-23-16(28)10-30-17-24-25-26-27(17)13-3-5-14(6-4-13)29-18(20,21)22/h2-8H,9-10H2,1H3,(H,23,28). The summed E-state index contributed by atoms with van der Waals surface area (Å²) in [5, 5.41) is 14.1. The van der Waals surface area contributed by atoms with Crippen molar-refractivity contribution >= 4 is 17.7 Å². The molecule has 0 spiro atoms. The van der Waals surface area contributed by atoms with E-state index in [1.54, 1.807) is 19.1 Å². The molecule has 0 aliphatic rings. The predicted octanol–water partition coefficient (Wildman–Crippen LogP) is 3.42. The van der Waals surface area contributed by atoms with Crippen LogP contribution in [0.1, 0.15) is 11.1 Å². The Bertz CT molecular complexity index is 1020. The number of hydrogen-bond donors (Lipinski definition) is 1. The van der Waals surface area contributed by atoms with Gasteiger partial charge in [0.2, 0.25) is 11.1 Å². The highest BCUT2D eigenvalue weighted by Crippen LogP contribution is 2.25. The van der Waals surface area contributed by atoms with E-state index in [4.69, 9.17) is 0 Å². The van der Waals surface area contributed by atoms with Crippen LogP contribution in [0.4, 0.5) is 17.6 Å². The third-order valence-corrected chi connectivity index (χ3v) is 4.72. The maximum absolute atomic E-state index is 13.3. The number of halogens is 4. The third kappa shape index (κ3) is 5.92. The minimum Gasteiger partial charge on any atom is -0.406 e. The van der Waals surface area contributed by atoms with Gasteiger partial charge in [-0.25, -0.2) is 4.39 Å². The monoisotopic (exact) mass is 441 g/mol. The Morgan fingerprint density at radius 2 is 1.93 bits per heavy atom. The average Bonchev–Trinajstić information content (AvgIpc) is 3.15. The first-order valence-electron chi connectivity index (χ1n) is 8.50. The molecule has 1 heterocycles. The third-order valence-electron chi connectivity index (χ3n) is 3.80. The molecule has 158 valence electrons. The molecule has 0 aliphatic carbocycles. The van der Waals surface area contributed by atoms with Crippen molar-refractivity contribution in [2.45, 2.75) is 25.0 Å². The number of thioether (sulfide) groups is 1. The number of carbonyl (C=O) groups is 1. The quantitative estimate of drug-likeness (QED) is 0.447. The lowest BCUT2D eigenvalue weighted by Gasteiger charge is -2.09. The molecule has 0 bridgehead atoms. The lowest BCUT2D eigenvalue weighted by Crippen LogP contribution is -2.24. The van der Waals surface area contributed by atoms with E-state index in [-0.39, 0.29) is 34.9 Å². The molecule has 0 atom stereocenters. The van der Waals surface area contributed by atoms with E-state index in [1.807, 2.05) is 0 Å². The Hall–Kier alpha value is -3.15. The molecular formula is C18H15F4N5O2S. The molecule has 3 rings (SSSR count). The van der Waals surface area contributed by atoms with Gasteiger partial charge in [-0.15, -0.1) is 18.3 Å². The molecule has 1 N–H and O–H groups in total. The second-order valence-electron chi connectivity index (χ2n) is 6.06. The Morgan fingerprint density at radius 1 is 1.20 bits per heavy atom. The van der Waals surface area contributed by atoms with E-state index in [0.717, 1.165) is 29.5 Å². The molecule has 0 saturated carbocycles. The summed E-state index contributed by atoms with van der Waals surface area (Å²) < 4.78 is 55.1. The topological polar surface area (TPSA) is 81.9 Å². The number of amides is 1. The molecule has 7 nitrogen and oxygen atoms in total. The largest absolute Gasteiger partial charge is 0.573 e. The van der Waals surface area contributed by atoms with E-state index in [2.05, 4.69) is 25.6 Å². The van der Waals surface area contributed by atoms with Crippen molar-refractivity contribution in [1.29, 1.82) is 0 Å². The fourth-order valence-electron chi connectivity index (χ4n) is 2.42. The van der Waals surface area contributed by atoms with Gasteiger partial charge in [0.25, 0.3) is 0 Å². The van der Waals surface area contributed by atoms with Gasteiger partial charge < -0.3 is 10.1 Å². The van der Waals surface area contributed by atoms with Crippen LogP contribution in [0.5, 0.6) is 5.75 Å². The van der Waals surface area contributed by atoms with E-state index >= 15 is 0 Å². The highest BCUT2D eigenvalue weighted by molar-refractivity contribution is 7.99. The molecule has 1 amide bonds. The van der Waals surface area contributed by atoms with Crippen LogP contribution < -0.4 is 10.1 Å². The molecule has 0 fully saturated rings. The van der Waals surface area contributed by atoms with Crippen molar-refractivity contribution in [2.24, 2.45) is 0 Å². The van der Waals surface area contributed by atoms with Crippen LogP contribution >= 0.6 is 11.8 Å². The summed E-state index contributed by atoms with van der Waals surface area (Å²) in [5.41, 5.74) is 1.65. The fourth-order valence-corrected chi connectivity index (χ4v) is 3.14. The SMILES string of the molecule is Cc1cc(CNC(=O)CSc2nnnn2-c2ccc(OC(F)(F)F)cc2)ccc1F. The summed E-state index contributed by atoms with van der Waals surface area (Å²) in [5.74, 6) is -0.963. The minimum atomic E-state index is -4.78. The van der Waals surface area contributed by atoms with Gasteiger partial charge in [-0.1, -0.05) is 23.9 Å². The van der Waals surface area contributed by atoms with Crippen LogP contribution in [0.3, 0.4) is 0 Å². The van der Waals surface area contributed by atoms with Gasteiger partial charge in [-0.05, 0) is 58.8 Å². The van der Waals surface area contributed by atoms with Crippen molar-refractivity contribution in [3.8, 4) is 11.4 Å². The highest BCUT2D eigenvalue weighted by atomic mass is 32.2. The number of nitrogens with one attached hydrogen (secondary N) is 1. The van der Waals surface area contributed by atoms with Gasteiger partial charge in [-0.2, -0.15) is 4.68 Å². The normalized spacial score (nSPS) is 11.4. The van der Waals surface area contributed by atoms with Gasteiger partial charge in [0.15, 0.2) is 0 Å². The van der Waals surface area contributed by atoms with Gasteiger partial charge in [0.05, 0.1) is 11.4 Å². The van der Waals surface area contributed by atoms with Gasteiger partial charge in [0.1, 0.15) is 11.6 Å². The summed E-state index contributed by atoms with van der Waals surface area (Å²) in [6, 6.07) is 9.56. The van der Waals surface area contributed by atoms with E-state index in [9.17, 15) is 22.4 Å². The van der Waals surface area contributed by atoms with Crippen LogP contribution in [0.25, 0.3) is 5.69 Å². The van der Waals surface area contributed by atoms with Gasteiger partial charge >= 0.3 is 6.36 Å². The summed E-state index contributed by atoms with van der Waals surface area (Å²) in [4.78, 5) is 12.1. The van der Waals surface area contributed by atoms with Crippen LogP contribution in [0.15, 0.2) is 47.6 Å². The number of benzene rings is 2. The summed E-state index contributed by atoms with van der Waals surface area (Å²) >= 11 is 1.06. The lowest BCUT2D eigenvalue weighted by molar-refractivity contribution is -0.274. The number of rotatable bonds is 7. The fraction of sp³-hybridized carbons (Fsp3) is 0.222. The Balaban J connectivity index is 1.56. The molecule has 0 saturated heterocycles. The first kappa shape index (κ1) is 21.6. The van der Waals surface area contributed by atoms with E-state index in [0.29, 0.717) is 11.3 Å². The van der Waals surface area contributed by atoms with Gasteiger partial charge in [0, 0.05) is 6.54 Å². The molecule has 2 aromatic carbocycles. The Morgan fingerprint density at radius 3 is 2.60 bits per heavy atom. The highest BCUT2D eigenvalue weighted by Gasteiger charge is 2.31. The van der Waals surface area contributed by atoms with Crippen LogP contribution in [-0.4, -0.2) is 38.2 Å². The number of tetrazole rings is 1. The average molecular weight is 441 g/mol. The maximum Gasteiger partial charge on any atom is 0.573 e. The van der Waals surface area contributed by atoms with Crippen LogP contribution in [0, 0.1) is 12.7 Å². The summed E-state index contributed by atoms with van der Waals surface area (Å²) in [6.45, 7) is 1.88. The van der Waals surface area contributed by atoms with Crippen LogP contribution in [-0.2, 0) is 11.3 Å². The molecule has 3 aromatic rings. The smallest absolute Gasteiger partial charge is 0.406 e. The molecule has 0 radical (unpaired) electrons. The summed E-state index contributed by atoms with van der Waals surface area (Å²) in [7, 11) is 0. The molecule has 0 aliphatic heterocycles. The second kappa shape index (κ2) is 9.11. The van der Waals surface area contributed by atoms with E-state index in [1.165, 1.54) is 22.9 Å². The number of nitrogens with zero attached hydrogens (tertiary/aromatic N) is 4. The van der Waals surface area contributed by atoms with Crippen molar-refractivity contribution < 1.29 is 27.1 Å². The summed E-state index contributed by atoms with van der Waals surface area (Å²) in [6.07, 6.45) is -4.78. The first-order chi connectivity index (χ1) is 14.2. The van der Waals surface area contributed by atoms with Crippen molar-refractivity contribution in [3.05, 3.63) is 59.4 Å². The second-order valence-corrected chi connectivity index (χ2v) is 7.01.